The Kier molecular flexibility index (Phi) is 4.69. The molecular weight excluding hydrogens is 257 g/mol. The molecule has 1 aromatic rings. The topological polar surface area (TPSA) is 12.5 Å². The fraction of sp³-hybridized carbons (Fsp3) is 0.538. The summed E-state index contributed by atoms with van der Waals surface area (Å²) in [7, 11) is 0. The molecule has 0 spiro atoms. The molecule has 0 saturated carbocycles. The molecule has 0 radical (unpaired) electrons. The van der Waals surface area contributed by atoms with Crippen LogP contribution in [0, 0.1) is 0 Å². The maximum absolute atomic E-state index is 5.99. The largest absolute Gasteiger partial charge is 0.374 e. The van der Waals surface area contributed by atoms with E-state index in [1.54, 1.807) is 0 Å². The van der Waals surface area contributed by atoms with Gasteiger partial charge in [0.05, 0.1) is 12.7 Å². The van der Waals surface area contributed by atoms with E-state index in [0.29, 0.717) is 11.9 Å². The number of benzene rings is 1. The molecule has 0 bridgehead atoms. The van der Waals surface area contributed by atoms with Crippen LogP contribution < -0.4 is 0 Å². The highest BCUT2D eigenvalue weighted by Crippen LogP contribution is 2.18. The van der Waals surface area contributed by atoms with Gasteiger partial charge in [0.25, 0.3) is 0 Å². The summed E-state index contributed by atoms with van der Waals surface area (Å²) in [5.74, 6) is 0.554. The normalized spacial score (nSPS) is 26.1. The summed E-state index contributed by atoms with van der Waals surface area (Å²) in [4.78, 5) is 2.39. The van der Waals surface area contributed by atoms with Crippen molar-refractivity contribution < 1.29 is 4.74 Å². The molecule has 2 unspecified atom stereocenters. The zero-order chi connectivity index (χ0) is 12.3. The second-order valence-corrected chi connectivity index (χ2v) is 5.26. The van der Waals surface area contributed by atoms with Gasteiger partial charge in [0.2, 0.25) is 0 Å². The molecule has 2 nitrogen and oxygen atoms in total. The highest BCUT2D eigenvalue weighted by molar-refractivity contribution is 6.30. The molecule has 4 heteroatoms. The lowest BCUT2D eigenvalue weighted by Crippen LogP contribution is -2.48. The van der Waals surface area contributed by atoms with Gasteiger partial charge in [-0.05, 0) is 24.6 Å². The molecule has 1 aliphatic heterocycles. The highest BCUT2D eigenvalue weighted by atomic mass is 35.5. The van der Waals surface area contributed by atoms with Crippen LogP contribution in [0.1, 0.15) is 12.5 Å². The fourth-order valence-corrected chi connectivity index (χ4v) is 2.46. The lowest BCUT2D eigenvalue weighted by Gasteiger charge is -2.37. The SMILES string of the molecule is CC1COC(CCl)CN1Cc1cccc(Cl)c1. The molecule has 0 amide bonds. The van der Waals surface area contributed by atoms with Crippen LogP contribution in [0.25, 0.3) is 0 Å². The van der Waals surface area contributed by atoms with Crippen molar-refractivity contribution >= 4 is 23.2 Å². The molecular formula is C13H17Cl2NO. The summed E-state index contributed by atoms with van der Waals surface area (Å²) in [5.41, 5.74) is 1.24. The van der Waals surface area contributed by atoms with E-state index in [2.05, 4.69) is 17.9 Å². The first-order valence-electron chi connectivity index (χ1n) is 5.85. The maximum atomic E-state index is 5.99. The molecule has 94 valence electrons. The molecule has 1 aromatic carbocycles. The Morgan fingerprint density at radius 3 is 3.00 bits per heavy atom. The highest BCUT2D eigenvalue weighted by Gasteiger charge is 2.25. The molecule has 1 aliphatic rings. The van der Waals surface area contributed by atoms with Gasteiger partial charge in [0.1, 0.15) is 0 Å². The summed E-state index contributed by atoms with van der Waals surface area (Å²) in [5, 5.41) is 0.789. The Morgan fingerprint density at radius 1 is 1.47 bits per heavy atom. The second-order valence-electron chi connectivity index (χ2n) is 4.52. The van der Waals surface area contributed by atoms with Crippen LogP contribution in [0.5, 0.6) is 0 Å². The fourth-order valence-electron chi connectivity index (χ4n) is 2.06. The van der Waals surface area contributed by atoms with Crippen LogP contribution in [0.4, 0.5) is 0 Å². The number of nitrogens with zero attached hydrogens (tertiary/aromatic N) is 1. The number of ether oxygens (including phenoxy) is 1. The summed E-state index contributed by atoms with van der Waals surface area (Å²) in [6.45, 7) is 4.71. The van der Waals surface area contributed by atoms with E-state index in [4.69, 9.17) is 27.9 Å². The van der Waals surface area contributed by atoms with Gasteiger partial charge in [-0.15, -0.1) is 11.6 Å². The van der Waals surface area contributed by atoms with Crippen molar-refractivity contribution in [2.24, 2.45) is 0 Å². The summed E-state index contributed by atoms with van der Waals surface area (Å²) < 4.78 is 5.63. The van der Waals surface area contributed by atoms with E-state index in [-0.39, 0.29) is 6.10 Å². The van der Waals surface area contributed by atoms with Crippen molar-refractivity contribution in [2.45, 2.75) is 25.6 Å². The minimum Gasteiger partial charge on any atom is -0.374 e. The molecule has 17 heavy (non-hydrogen) atoms. The Morgan fingerprint density at radius 2 is 2.29 bits per heavy atom. The molecule has 0 N–H and O–H groups in total. The average Bonchev–Trinajstić information content (AvgIpc) is 2.32. The molecule has 0 aromatic heterocycles. The number of rotatable bonds is 3. The predicted molar refractivity (Wildman–Crippen MR) is 71.8 cm³/mol. The Bertz CT molecular complexity index is 372. The lowest BCUT2D eigenvalue weighted by molar-refractivity contribution is -0.0510. The van der Waals surface area contributed by atoms with Crippen molar-refractivity contribution in [3.63, 3.8) is 0 Å². The summed E-state index contributed by atoms with van der Waals surface area (Å²) >= 11 is 11.8. The van der Waals surface area contributed by atoms with E-state index in [1.165, 1.54) is 5.56 Å². The molecule has 1 saturated heterocycles. The minimum atomic E-state index is 0.145. The van der Waals surface area contributed by atoms with E-state index in [9.17, 15) is 0 Å². The number of hydrogen-bond donors (Lipinski definition) is 0. The van der Waals surface area contributed by atoms with Gasteiger partial charge in [0.15, 0.2) is 0 Å². The van der Waals surface area contributed by atoms with Crippen molar-refractivity contribution in [3.8, 4) is 0 Å². The van der Waals surface area contributed by atoms with Gasteiger partial charge >= 0.3 is 0 Å². The molecule has 2 rings (SSSR count). The predicted octanol–water partition coefficient (Wildman–Crippen LogP) is 3.17. The third-order valence-electron chi connectivity index (χ3n) is 3.08. The first kappa shape index (κ1) is 13.2. The van der Waals surface area contributed by atoms with E-state index < -0.39 is 0 Å². The minimum absolute atomic E-state index is 0.145. The van der Waals surface area contributed by atoms with Gasteiger partial charge in [-0.1, -0.05) is 23.7 Å². The standard InChI is InChI=1S/C13H17Cl2NO/c1-10-9-17-13(6-14)8-16(10)7-11-3-2-4-12(15)5-11/h2-5,10,13H,6-9H2,1H3. The third kappa shape index (κ3) is 3.59. The van der Waals surface area contributed by atoms with Crippen LogP contribution >= 0.6 is 23.2 Å². The van der Waals surface area contributed by atoms with Crippen molar-refractivity contribution in [1.82, 2.24) is 4.90 Å². The van der Waals surface area contributed by atoms with Crippen LogP contribution in [0.3, 0.4) is 0 Å². The van der Waals surface area contributed by atoms with Crippen molar-refractivity contribution in [1.29, 1.82) is 0 Å². The summed E-state index contributed by atoms with van der Waals surface area (Å²) in [6.07, 6.45) is 0.145. The Balaban J connectivity index is 2.01. The van der Waals surface area contributed by atoms with E-state index in [0.717, 1.165) is 24.7 Å². The quantitative estimate of drug-likeness (QED) is 0.785. The first-order chi connectivity index (χ1) is 8.19. The van der Waals surface area contributed by atoms with Gasteiger partial charge in [-0.2, -0.15) is 0 Å². The van der Waals surface area contributed by atoms with Crippen molar-refractivity contribution in [3.05, 3.63) is 34.9 Å². The smallest absolute Gasteiger partial charge is 0.0838 e. The molecule has 1 fully saturated rings. The van der Waals surface area contributed by atoms with Crippen LogP contribution in [-0.2, 0) is 11.3 Å². The van der Waals surface area contributed by atoms with E-state index in [1.807, 2.05) is 18.2 Å². The van der Waals surface area contributed by atoms with Gasteiger partial charge < -0.3 is 4.74 Å². The Hall–Kier alpha value is -0.280. The number of halogens is 2. The van der Waals surface area contributed by atoms with Crippen molar-refractivity contribution in [2.75, 3.05) is 19.0 Å². The zero-order valence-corrected chi connectivity index (χ0v) is 11.4. The van der Waals surface area contributed by atoms with Crippen LogP contribution in [0.2, 0.25) is 5.02 Å². The zero-order valence-electron chi connectivity index (χ0n) is 9.90. The molecule has 0 aliphatic carbocycles. The monoisotopic (exact) mass is 273 g/mol. The second kappa shape index (κ2) is 6.05. The van der Waals surface area contributed by atoms with Gasteiger partial charge in [0, 0.05) is 30.0 Å². The number of alkyl halides is 1. The number of morpholine rings is 1. The van der Waals surface area contributed by atoms with Crippen LogP contribution in [0.15, 0.2) is 24.3 Å². The third-order valence-corrected chi connectivity index (χ3v) is 3.66. The van der Waals surface area contributed by atoms with Gasteiger partial charge in [-0.25, -0.2) is 0 Å². The van der Waals surface area contributed by atoms with E-state index >= 15 is 0 Å². The first-order valence-corrected chi connectivity index (χ1v) is 6.76. The lowest BCUT2D eigenvalue weighted by atomic mass is 10.1. The Labute approximate surface area is 112 Å². The average molecular weight is 274 g/mol. The molecule has 1 heterocycles. The summed E-state index contributed by atoms with van der Waals surface area (Å²) in [6, 6.07) is 8.42. The maximum Gasteiger partial charge on any atom is 0.0838 e. The number of hydrogen-bond acceptors (Lipinski definition) is 2. The van der Waals surface area contributed by atoms with Crippen LogP contribution in [-0.4, -0.2) is 36.1 Å². The van der Waals surface area contributed by atoms with Gasteiger partial charge in [-0.3, -0.25) is 4.90 Å². The molecule has 2 atom stereocenters.